The molecular weight excluding hydrogens is 216 g/mol. The second-order valence-corrected chi connectivity index (χ2v) is 4.73. The average Bonchev–Trinajstić information content (AvgIpc) is 2.77. The highest BCUT2D eigenvalue weighted by Crippen LogP contribution is 2.26. The number of nitrogens with two attached hydrogens (primary N) is 1. The maximum Gasteiger partial charge on any atom is 0.212 e. The number of rotatable bonds is 3. The molecule has 6 heteroatoms. The Kier molecular flexibility index (Phi) is 2.74. The quantitative estimate of drug-likeness (QED) is 0.813. The molecule has 0 spiro atoms. The topological polar surface area (TPSA) is 56.7 Å². The molecule has 0 radical (unpaired) electrons. The van der Waals surface area contributed by atoms with E-state index in [4.69, 9.17) is 5.73 Å². The molecule has 2 aromatic heterocycles. The van der Waals surface area contributed by atoms with Gasteiger partial charge in [-0.25, -0.2) is 4.98 Å². The molecule has 0 aliphatic carbocycles. The van der Waals surface area contributed by atoms with Gasteiger partial charge in [0.25, 0.3) is 0 Å². The molecule has 0 saturated carbocycles. The van der Waals surface area contributed by atoms with Crippen LogP contribution in [0.5, 0.6) is 0 Å². The lowest BCUT2D eigenvalue weighted by atomic mass is 10.6. The number of anilines is 1. The van der Waals surface area contributed by atoms with Crippen LogP contribution in [0.1, 0.15) is 6.92 Å². The zero-order valence-corrected chi connectivity index (χ0v) is 9.31. The summed E-state index contributed by atoms with van der Waals surface area (Å²) in [6, 6.07) is 0. The second kappa shape index (κ2) is 4.02. The van der Waals surface area contributed by atoms with Gasteiger partial charge in [0.15, 0.2) is 0 Å². The maximum absolute atomic E-state index is 5.93. The fraction of sp³-hybridized carbons (Fsp3) is 0.250. The molecule has 2 N–H and O–H groups in total. The van der Waals surface area contributed by atoms with Crippen LogP contribution in [-0.2, 0) is 0 Å². The monoisotopic (exact) mass is 226 g/mol. The van der Waals surface area contributed by atoms with Gasteiger partial charge in [-0.3, -0.25) is 0 Å². The number of thioether (sulfide) groups is 1. The Morgan fingerprint density at radius 3 is 3.14 bits per heavy atom. The van der Waals surface area contributed by atoms with Crippen LogP contribution in [0.3, 0.4) is 0 Å². The standard InChI is InChI=1S/C8H10N4S2/c1-2-13-6-5-11-12(7(6)9)8-10-3-4-14-8/h3-5H,2,9H2,1H3. The van der Waals surface area contributed by atoms with Crippen molar-refractivity contribution in [2.24, 2.45) is 0 Å². The molecule has 0 amide bonds. The van der Waals surface area contributed by atoms with Crippen LogP contribution in [0.4, 0.5) is 5.82 Å². The Morgan fingerprint density at radius 1 is 1.64 bits per heavy atom. The van der Waals surface area contributed by atoms with Crippen LogP contribution < -0.4 is 5.73 Å². The third-order valence-corrected chi connectivity index (χ3v) is 3.33. The lowest BCUT2D eigenvalue weighted by molar-refractivity contribution is 0.880. The molecule has 74 valence electrons. The van der Waals surface area contributed by atoms with Crippen LogP contribution in [-0.4, -0.2) is 20.5 Å². The smallest absolute Gasteiger partial charge is 0.212 e. The van der Waals surface area contributed by atoms with Crippen LogP contribution in [0.25, 0.3) is 5.13 Å². The van der Waals surface area contributed by atoms with Gasteiger partial charge in [-0.15, -0.1) is 23.1 Å². The highest BCUT2D eigenvalue weighted by Gasteiger charge is 2.09. The zero-order chi connectivity index (χ0) is 9.97. The molecule has 0 fully saturated rings. The van der Waals surface area contributed by atoms with Crippen molar-refractivity contribution in [3.05, 3.63) is 17.8 Å². The van der Waals surface area contributed by atoms with Gasteiger partial charge in [0, 0.05) is 11.6 Å². The Balaban J connectivity index is 2.36. The van der Waals surface area contributed by atoms with Gasteiger partial charge in [-0.1, -0.05) is 6.92 Å². The zero-order valence-electron chi connectivity index (χ0n) is 7.67. The van der Waals surface area contributed by atoms with Crippen LogP contribution in [0.15, 0.2) is 22.7 Å². The molecule has 0 unspecified atom stereocenters. The number of nitrogen functional groups attached to an aromatic ring is 1. The first-order valence-electron chi connectivity index (χ1n) is 4.19. The van der Waals surface area contributed by atoms with E-state index in [1.54, 1.807) is 28.8 Å². The van der Waals surface area contributed by atoms with E-state index >= 15 is 0 Å². The summed E-state index contributed by atoms with van der Waals surface area (Å²) in [4.78, 5) is 5.17. The van der Waals surface area contributed by atoms with E-state index < -0.39 is 0 Å². The molecule has 0 saturated heterocycles. The first kappa shape index (κ1) is 9.54. The van der Waals surface area contributed by atoms with E-state index in [9.17, 15) is 0 Å². The molecule has 0 aliphatic rings. The predicted molar refractivity (Wildman–Crippen MR) is 60.0 cm³/mol. The summed E-state index contributed by atoms with van der Waals surface area (Å²) < 4.78 is 1.67. The van der Waals surface area contributed by atoms with Gasteiger partial charge in [0.05, 0.1) is 11.1 Å². The van der Waals surface area contributed by atoms with Crippen molar-refractivity contribution in [2.45, 2.75) is 11.8 Å². The molecule has 2 aromatic rings. The number of hydrogen-bond donors (Lipinski definition) is 1. The average molecular weight is 226 g/mol. The molecule has 2 rings (SSSR count). The molecular formula is C8H10N4S2. The fourth-order valence-corrected chi connectivity index (χ4v) is 2.36. The van der Waals surface area contributed by atoms with Gasteiger partial charge in [0.1, 0.15) is 5.82 Å². The Hall–Kier alpha value is -1.01. The van der Waals surface area contributed by atoms with E-state index in [-0.39, 0.29) is 0 Å². The molecule has 0 atom stereocenters. The summed E-state index contributed by atoms with van der Waals surface area (Å²) in [6.45, 7) is 2.09. The lowest BCUT2D eigenvalue weighted by Crippen LogP contribution is -2.01. The number of aromatic nitrogens is 3. The van der Waals surface area contributed by atoms with Gasteiger partial charge >= 0.3 is 0 Å². The Labute approximate surface area is 90.1 Å². The Bertz CT molecular complexity index is 407. The van der Waals surface area contributed by atoms with Crippen molar-refractivity contribution in [1.29, 1.82) is 0 Å². The minimum Gasteiger partial charge on any atom is -0.383 e. The van der Waals surface area contributed by atoms with Crippen molar-refractivity contribution in [3.8, 4) is 5.13 Å². The summed E-state index contributed by atoms with van der Waals surface area (Å²) in [5, 5.41) is 6.91. The van der Waals surface area contributed by atoms with E-state index in [0.717, 1.165) is 15.8 Å². The lowest BCUT2D eigenvalue weighted by Gasteiger charge is -1.99. The molecule has 0 bridgehead atoms. The third-order valence-electron chi connectivity index (χ3n) is 1.67. The second-order valence-electron chi connectivity index (χ2n) is 2.55. The van der Waals surface area contributed by atoms with E-state index in [0.29, 0.717) is 5.82 Å². The van der Waals surface area contributed by atoms with Crippen LogP contribution >= 0.6 is 23.1 Å². The molecule has 0 aromatic carbocycles. The predicted octanol–water partition coefficient (Wildman–Crippen LogP) is 2.02. The SMILES string of the molecule is CCSc1cnn(-c2nccs2)c1N. The van der Waals surface area contributed by atoms with Gasteiger partial charge in [0.2, 0.25) is 5.13 Å². The Morgan fingerprint density at radius 2 is 2.50 bits per heavy atom. The minimum atomic E-state index is 0.673. The maximum atomic E-state index is 5.93. The van der Waals surface area contributed by atoms with Crippen LogP contribution in [0.2, 0.25) is 0 Å². The van der Waals surface area contributed by atoms with E-state index in [1.165, 1.54) is 11.3 Å². The largest absolute Gasteiger partial charge is 0.383 e. The van der Waals surface area contributed by atoms with Gasteiger partial charge in [-0.05, 0) is 5.75 Å². The number of nitrogens with zero attached hydrogens (tertiary/aromatic N) is 3. The fourth-order valence-electron chi connectivity index (χ4n) is 1.08. The van der Waals surface area contributed by atoms with Crippen molar-refractivity contribution in [1.82, 2.24) is 14.8 Å². The van der Waals surface area contributed by atoms with Crippen molar-refractivity contribution < 1.29 is 0 Å². The molecule has 0 aliphatic heterocycles. The first-order chi connectivity index (χ1) is 6.83. The normalized spacial score (nSPS) is 10.6. The first-order valence-corrected chi connectivity index (χ1v) is 6.05. The molecule has 14 heavy (non-hydrogen) atoms. The summed E-state index contributed by atoms with van der Waals surface area (Å²) in [5.41, 5.74) is 5.93. The van der Waals surface area contributed by atoms with E-state index in [2.05, 4.69) is 17.0 Å². The van der Waals surface area contributed by atoms with Gasteiger partial charge in [-0.2, -0.15) is 9.78 Å². The summed E-state index contributed by atoms with van der Waals surface area (Å²) >= 11 is 3.21. The van der Waals surface area contributed by atoms with Gasteiger partial charge < -0.3 is 5.73 Å². The highest BCUT2D eigenvalue weighted by molar-refractivity contribution is 7.99. The molecule has 4 nitrogen and oxygen atoms in total. The summed E-state index contributed by atoms with van der Waals surface area (Å²) in [7, 11) is 0. The van der Waals surface area contributed by atoms with E-state index in [1.807, 2.05) is 5.38 Å². The summed E-state index contributed by atoms with van der Waals surface area (Å²) in [5.74, 6) is 1.67. The van der Waals surface area contributed by atoms with Crippen molar-refractivity contribution >= 4 is 28.9 Å². The minimum absolute atomic E-state index is 0.673. The molecule has 2 heterocycles. The number of thiazole rings is 1. The van der Waals surface area contributed by atoms with Crippen molar-refractivity contribution in [2.75, 3.05) is 11.5 Å². The van der Waals surface area contributed by atoms with Crippen molar-refractivity contribution in [3.63, 3.8) is 0 Å². The third kappa shape index (κ3) is 1.62. The highest BCUT2D eigenvalue weighted by atomic mass is 32.2. The summed E-state index contributed by atoms with van der Waals surface area (Å²) in [6.07, 6.45) is 3.53. The van der Waals surface area contributed by atoms with Crippen LogP contribution in [0, 0.1) is 0 Å². The number of hydrogen-bond acceptors (Lipinski definition) is 5.